The maximum Gasteiger partial charge on any atom is 0.305 e. The predicted octanol–water partition coefficient (Wildman–Crippen LogP) is 1.17. The van der Waals surface area contributed by atoms with E-state index in [-0.39, 0.29) is 12.5 Å². The molecule has 1 amide bonds. The van der Waals surface area contributed by atoms with Gasteiger partial charge in [0.05, 0.1) is 18.0 Å². The number of aromatic nitrogens is 2. The van der Waals surface area contributed by atoms with Crippen molar-refractivity contribution >= 4 is 22.8 Å². The van der Waals surface area contributed by atoms with Crippen LogP contribution in [0.15, 0.2) is 24.4 Å². The largest absolute Gasteiger partial charge is 0.481 e. The molecule has 0 saturated heterocycles. The summed E-state index contributed by atoms with van der Waals surface area (Å²) in [6.07, 6.45) is 1.69. The Labute approximate surface area is 103 Å². The molecule has 94 valence electrons. The minimum Gasteiger partial charge on any atom is -0.481 e. The minimum absolute atomic E-state index is 0.0279. The van der Waals surface area contributed by atoms with Gasteiger partial charge in [0.15, 0.2) is 0 Å². The zero-order chi connectivity index (χ0) is 13.3. The first-order chi connectivity index (χ1) is 8.49. The Morgan fingerprint density at radius 1 is 1.50 bits per heavy atom. The van der Waals surface area contributed by atoms with E-state index in [1.165, 1.54) is 0 Å². The molecule has 2 rings (SSSR count). The van der Waals surface area contributed by atoms with Crippen LogP contribution in [0.2, 0.25) is 0 Å². The molecule has 0 saturated carbocycles. The number of aliphatic carboxylic acids is 1. The number of carbonyl (C=O) groups is 2. The molecule has 0 aliphatic carbocycles. The van der Waals surface area contributed by atoms with E-state index in [1.54, 1.807) is 36.0 Å². The van der Waals surface area contributed by atoms with Gasteiger partial charge >= 0.3 is 5.97 Å². The topological polar surface area (TPSA) is 98.2 Å². The van der Waals surface area contributed by atoms with Gasteiger partial charge < -0.3 is 10.8 Å². The molecule has 1 heterocycles. The molecule has 1 aromatic heterocycles. The Hall–Kier alpha value is -2.37. The quantitative estimate of drug-likeness (QED) is 0.847. The Kier molecular flexibility index (Phi) is 3.01. The average Bonchev–Trinajstić information content (AvgIpc) is 2.70. The van der Waals surface area contributed by atoms with Gasteiger partial charge in [-0.1, -0.05) is 12.1 Å². The Morgan fingerprint density at radius 3 is 2.83 bits per heavy atom. The van der Waals surface area contributed by atoms with Crippen molar-refractivity contribution in [3.8, 4) is 0 Å². The number of nitrogens with two attached hydrogens (primary N) is 1. The van der Waals surface area contributed by atoms with E-state index < -0.39 is 11.9 Å². The van der Waals surface area contributed by atoms with E-state index in [9.17, 15) is 9.59 Å². The van der Waals surface area contributed by atoms with Crippen LogP contribution in [-0.4, -0.2) is 26.8 Å². The molecule has 1 atom stereocenters. The number of nitrogens with zero attached hydrogens (tertiary/aromatic N) is 2. The van der Waals surface area contributed by atoms with E-state index >= 15 is 0 Å². The molecule has 0 fully saturated rings. The number of carboxylic acids is 1. The molecular formula is C12H13N3O3. The van der Waals surface area contributed by atoms with E-state index in [4.69, 9.17) is 10.8 Å². The predicted molar refractivity (Wildman–Crippen MR) is 65.2 cm³/mol. The summed E-state index contributed by atoms with van der Waals surface area (Å²) in [5.41, 5.74) is 6.11. The summed E-state index contributed by atoms with van der Waals surface area (Å²) in [6, 6.07) is 4.84. The molecule has 3 N–H and O–H groups in total. The smallest absolute Gasteiger partial charge is 0.305 e. The van der Waals surface area contributed by atoms with Gasteiger partial charge in [0.1, 0.15) is 5.52 Å². The first kappa shape index (κ1) is 12.1. The van der Waals surface area contributed by atoms with Crippen LogP contribution in [0.5, 0.6) is 0 Å². The van der Waals surface area contributed by atoms with Gasteiger partial charge in [-0.2, -0.15) is 5.10 Å². The Bertz CT molecular complexity index is 618. The van der Waals surface area contributed by atoms with Gasteiger partial charge in [0, 0.05) is 11.6 Å². The second-order valence-corrected chi connectivity index (χ2v) is 4.16. The van der Waals surface area contributed by atoms with Crippen LogP contribution in [0.3, 0.4) is 0 Å². The lowest BCUT2D eigenvalue weighted by molar-refractivity contribution is -0.137. The van der Waals surface area contributed by atoms with Crippen LogP contribution < -0.4 is 5.73 Å². The second-order valence-electron chi connectivity index (χ2n) is 4.16. The number of hydrogen-bond acceptors (Lipinski definition) is 3. The number of carbonyl (C=O) groups excluding carboxylic acids is 1. The zero-order valence-corrected chi connectivity index (χ0v) is 9.83. The summed E-state index contributed by atoms with van der Waals surface area (Å²) in [5, 5.41) is 13.8. The van der Waals surface area contributed by atoms with Crippen LogP contribution in [0.4, 0.5) is 0 Å². The van der Waals surface area contributed by atoms with E-state index in [1.807, 2.05) is 0 Å². The standard InChI is InChI=1S/C12H13N3O3/c1-7(5-10(16)17)15-6-8-3-2-4-9(12(13)18)11(8)14-15/h2-4,6-7H,5H2,1H3,(H2,13,18)(H,16,17). The van der Waals surface area contributed by atoms with Crippen LogP contribution in [-0.2, 0) is 4.79 Å². The number of benzene rings is 1. The molecule has 2 aromatic rings. The molecule has 1 aromatic carbocycles. The number of carboxylic acid groups (broad SMARTS) is 1. The minimum atomic E-state index is -0.891. The van der Waals surface area contributed by atoms with Gasteiger partial charge in [-0.25, -0.2) is 0 Å². The van der Waals surface area contributed by atoms with Crippen molar-refractivity contribution in [3.63, 3.8) is 0 Å². The summed E-state index contributed by atoms with van der Waals surface area (Å²) in [7, 11) is 0. The highest BCUT2D eigenvalue weighted by molar-refractivity contribution is 6.04. The lowest BCUT2D eigenvalue weighted by Gasteiger charge is -2.08. The van der Waals surface area contributed by atoms with Gasteiger partial charge in [-0.15, -0.1) is 0 Å². The fraction of sp³-hybridized carbons (Fsp3) is 0.250. The second kappa shape index (κ2) is 4.48. The third-order valence-electron chi connectivity index (χ3n) is 2.74. The van der Waals surface area contributed by atoms with Crippen LogP contribution in [0.1, 0.15) is 29.7 Å². The zero-order valence-electron chi connectivity index (χ0n) is 9.83. The van der Waals surface area contributed by atoms with E-state index in [0.717, 1.165) is 5.39 Å². The lowest BCUT2D eigenvalue weighted by atomic mass is 10.1. The number of amides is 1. The maximum atomic E-state index is 11.3. The molecule has 6 heteroatoms. The molecular weight excluding hydrogens is 234 g/mol. The van der Waals surface area contributed by atoms with Crippen LogP contribution in [0, 0.1) is 0 Å². The number of rotatable bonds is 4. The first-order valence-electron chi connectivity index (χ1n) is 5.48. The van der Waals surface area contributed by atoms with Gasteiger partial charge in [0.2, 0.25) is 0 Å². The van der Waals surface area contributed by atoms with E-state index in [2.05, 4.69) is 5.10 Å². The fourth-order valence-corrected chi connectivity index (χ4v) is 1.83. The molecule has 18 heavy (non-hydrogen) atoms. The monoisotopic (exact) mass is 247 g/mol. The van der Waals surface area contributed by atoms with Crippen molar-refractivity contribution < 1.29 is 14.7 Å². The highest BCUT2D eigenvalue weighted by atomic mass is 16.4. The highest BCUT2D eigenvalue weighted by Gasteiger charge is 2.14. The summed E-state index contributed by atoms with van der Waals surface area (Å²) in [6.45, 7) is 1.75. The number of hydrogen-bond donors (Lipinski definition) is 2. The Balaban J connectivity index is 2.47. The third-order valence-corrected chi connectivity index (χ3v) is 2.74. The van der Waals surface area contributed by atoms with E-state index in [0.29, 0.717) is 11.1 Å². The van der Waals surface area contributed by atoms with Gasteiger partial charge in [-0.3, -0.25) is 14.3 Å². The highest BCUT2D eigenvalue weighted by Crippen LogP contribution is 2.20. The molecule has 0 aliphatic heterocycles. The summed E-state index contributed by atoms with van der Waals surface area (Å²) >= 11 is 0. The van der Waals surface area contributed by atoms with Crippen molar-refractivity contribution in [2.45, 2.75) is 19.4 Å². The number of fused-ring (bicyclic) bond motifs is 1. The average molecular weight is 247 g/mol. The van der Waals surface area contributed by atoms with Gasteiger partial charge in [-0.05, 0) is 13.0 Å². The van der Waals surface area contributed by atoms with Crippen molar-refractivity contribution in [2.75, 3.05) is 0 Å². The Morgan fingerprint density at radius 2 is 2.22 bits per heavy atom. The fourth-order valence-electron chi connectivity index (χ4n) is 1.83. The van der Waals surface area contributed by atoms with Gasteiger partial charge in [0.25, 0.3) is 5.91 Å². The van der Waals surface area contributed by atoms with Crippen molar-refractivity contribution in [1.29, 1.82) is 0 Å². The lowest BCUT2D eigenvalue weighted by Crippen LogP contribution is -2.13. The summed E-state index contributed by atoms with van der Waals surface area (Å²) in [5.74, 6) is -1.44. The molecule has 0 bridgehead atoms. The third kappa shape index (κ3) is 2.17. The normalized spacial score (nSPS) is 12.5. The summed E-state index contributed by atoms with van der Waals surface area (Å²) in [4.78, 5) is 21.9. The first-order valence-corrected chi connectivity index (χ1v) is 5.48. The van der Waals surface area contributed by atoms with Crippen LogP contribution in [0.25, 0.3) is 10.9 Å². The number of primary amides is 1. The molecule has 1 unspecified atom stereocenters. The van der Waals surface area contributed by atoms with Crippen LogP contribution >= 0.6 is 0 Å². The van der Waals surface area contributed by atoms with Crippen molar-refractivity contribution in [1.82, 2.24) is 9.78 Å². The van der Waals surface area contributed by atoms with Crippen molar-refractivity contribution in [3.05, 3.63) is 30.0 Å². The molecule has 0 spiro atoms. The molecule has 0 radical (unpaired) electrons. The summed E-state index contributed by atoms with van der Waals surface area (Å²) < 4.78 is 1.55. The molecule has 0 aliphatic rings. The van der Waals surface area contributed by atoms with Crippen molar-refractivity contribution in [2.24, 2.45) is 5.73 Å². The maximum absolute atomic E-state index is 11.3. The molecule has 6 nitrogen and oxygen atoms in total. The SMILES string of the molecule is CC(CC(=O)O)n1cc2cccc(C(N)=O)c2n1.